The Morgan fingerprint density at radius 3 is 2.95 bits per heavy atom. The van der Waals surface area contributed by atoms with Crippen molar-refractivity contribution in [3.05, 3.63) is 11.4 Å². The zero-order valence-corrected chi connectivity index (χ0v) is 12.8. The molecule has 108 valence electrons. The summed E-state index contributed by atoms with van der Waals surface area (Å²) in [6.07, 6.45) is 0. The highest BCUT2D eigenvalue weighted by atomic mass is 32.2. The van der Waals surface area contributed by atoms with Crippen molar-refractivity contribution in [1.29, 1.82) is 0 Å². The highest BCUT2D eigenvalue weighted by Crippen LogP contribution is 2.26. The van der Waals surface area contributed by atoms with Crippen LogP contribution in [0.4, 0.5) is 11.8 Å². The fourth-order valence-corrected chi connectivity index (χ4v) is 3.95. The molecule has 3 heterocycles. The van der Waals surface area contributed by atoms with Gasteiger partial charge in [0, 0.05) is 37.7 Å². The number of fused-ring (bicyclic) bond motifs is 1. The first-order valence-electron chi connectivity index (χ1n) is 6.62. The number of hydrogen-bond acceptors (Lipinski definition) is 8. The van der Waals surface area contributed by atoms with Crippen LogP contribution in [0.2, 0.25) is 0 Å². The molecule has 2 aromatic heterocycles. The second kappa shape index (κ2) is 6.57. The summed E-state index contributed by atoms with van der Waals surface area (Å²) in [5, 5.41) is 6.49. The van der Waals surface area contributed by atoms with Crippen LogP contribution in [0.5, 0.6) is 0 Å². The van der Waals surface area contributed by atoms with Gasteiger partial charge >= 0.3 is 0 Å². The average molecular weight is 310 g/mol. The predicted octanol–water partition coefficient (Wildman–Crippen LogP) is 1.44. The molecule has 4 N–H and O–H groups in total. The Balaban J connectivity index is 1.65. The van der Waals surface area contributed by atoms with Crippen LogP contribution in [-0.4, -0.2) is 52.6 Å². The van der Waals surface area contributed by atoms with Crippen LogP contribution < -0.4 is 16.6 Å². The first kappa shape index (κ1) is 13.9. The zero-order chi connectivity index (χ0) is 13.8. The summed E-state index contributed by atoms with van der Waals surface area (Å²) in [6.45, 7) is 4.29. The van der Waals surface area contributed by atoms with Crippen molar-refractivity contribution in [2.24, 2.45) is 5.84 Å². The first-order valence-corrected chi connectivity index (χ1v) is 8.66. The molecule has 0 saturated carbocycles. The minimum Gasteiger partial charge on any atom is -0.368 e. The smallest absolute Gasteiger partial charge is 0.240 e. The van der Waals surface area contributed by atoms with E-state index in [0.717, 1.165) is 29.1 Å². The molecular weight excluding hydrogens is 292 g/mol. The molecule has 0 aromatic carbocycles. The van der Waals surface area contributed by atoms with Gasteiger partial charge in [0.25, 0.3) is 0 Å². The van der Waals surface area contributed by atoms with Gasteiger partial charge in [0.15, 0.2) is 0 Å². The second-order valence-electron chi connectivity index (χ2n) is 4.56. The Labute approximate surface area is 126 Å². The number of anilines is 2. The second-order valence-corrected chi connectivity index (χ2v) is 6.68. The molecule has 0 aliphatic carbocycles. The largest absolute Gasteiger partial charge is 0.368 e. The van der Waals surface area contributed by atoms with Crippen molar-refractivity contribution in [1.82, 2.24) is 14.9 Å². The van der Waals surface area contributed by atoms with Gasteiger partial charge in [-0.15, -0.1) is 11.3 Å². The number of rotatable bonds is 5. The van der Waals surface area contributed by atoms with Crippen molar-refractivity contribution in [3.63, 3.8) is 0 Å². The van der Waals surface area contributed by atoms with Crippen LogP contribution in [0.1, 0.15) is 0 Å². The van der Waals surface area contributed by atoms with E-state index in [2.05, 4.69) is 25.6 Å². The molecule has 0 bridgehead atoms. The Bertz CT molecular complexity index is 566. The molecular formula is C12H18N6S2. The molecule has 6 nitrogen and oxygen atoms in total. The monoisotopic (exact) mass is 310 g/mol. The van der Waals surface area contributed by atoms with E-state index in [0.29, 0.717) is 5.95 Å². The van der Waals surface area contributed by atoms with Crippen molar-refractivity contribution < 1.29 is 0 Å². The topological polar surface area (TPSA) is 79.1 Å². The third-order valence-electron chi connectivity index (χ3n) is 3.28. The Hall–Kier alpha value is -1.09. The summed E-state index contributed by atoms with van der Waals surface area (Å²) >= 11 is 3.63. The van der Waals surface area contributed by atoms with Crippen LogP contribution in [0.3, 0.4) is 0 Å². The maximum Gasteiger partial charge on any atom is 0.240 e. The highest BCUT2D eigenvalue weighted by molar-refractivity contribution is 7.99. The fraction of sp³-hybridized carbons (Fsp3) is 0.500. The summed E-state index contributed by atoms with van der Waals surface area (Å²) in [4.78, 5) is 12.2. The number of aromatic nitrogens is 2. The van der Waals surface area contributed by atoms with E-state index in [9.17, 15) is 0 Å². The van der Waals surface area contributed by atoms with Crippen LogP contribution in [0, 0.1) is 0 Å². The van der Waals surface area contributed by atoms with Gasteiger partial charge in [-0.25, -0.2) is 10.8 Å². The van der Waals surface area contributed by atoms with Gasteiger partial charge in [0.1, 0.15) is 10.6 Å². The zero-order valence-electron chi connectivity index (χ0n) is 11.1. The lowest BCUT2D eigenvalue weighted by atomic mass is 10.3. The Kier molecular flexibility index (Phi) is 4.56. The van der Waals surface area contributed by atoms with Gasteiger partial charge in [-0.1, -0.05) is 0 Å². The highest BCUT2D eigenvalue weighted by Gasteiger charge is 2.11. The lowest BCUT2D eigenvalue weighted by Crippen LogP contribution is -2.36. The van der Waals surface area contributed by atoms with Crippen molar-refractivity contribution in [2.75, 3.05) is 48.4 Å². The number of nitrogens with one attached hydrogen (secondary N) is 2. The molecule has 0 spiro atoms. The molecule has 0 radical (unpaired) electrons. The van der Waals surface area contributed by atoms with Crippen LogP contribution in [-0.2, 0) is 0 Å². The van der Waals surface area contributed by atoms with Crippen LogP contribution >= 0.6 is 23.1 Å². The summed E-state index contributed by atoms with van der Waals surface area (Å²) < 4.78 is 0. The minimum absolute atomic E-state index is 0.455. The molecule has 1 fully saturated rings. The average Bonchev–Trinajstić information content (AvgIpc) is 2.96. The SMILES string of the molecule is NNc1nc(NCCN2CCSCC2)c2ccsc2n1. The maximum atomic E-state index is 5.42. The fourth-order valence-electron chi connectivity index (χ4n) is 2.21. The summed E-state index contributed by atoms with van der Waals surface area (Å²) in [7, 11) is 0. The van der Waals surface area contributed by atoms with Gasteiger partial charge in [-0.3, -0.25) is 10.3 Å². The number of hydrazine groups is 1. The molecule has 1 aliphatic rings. The summed E-state index contributed by atoms with van der Waals surface area (Å²) in [5.74, 6) is 9.21. The molecule has 1 saturated heterocycles. The van der Waals surface area contributed by atoms with Gasteiger partial charge < -0.3 is 5.32 Å². The summed E-state index contributed by atoms with van der Waals surface area (Å²) in [6, 6.07) is 2.04. The van der Waals surface area contributed by atoms with Crippen LogP contribution in [0.25, 0.3) is 10.2 Å². The molecule has 0 unspecified atom stereocenters. The molecule has 1 aliphatic heterocycles. The minimum atomic E-state index is 0.455. The maximum absolute atomic E-state index is 5.42. The number of thioether (sulfide) groups is 1. The number of nitrogens with zero attached hydrogens (tertiary/aromatic N) is 3. The van der Waals surface area contributed by atoms with Gasteiger partial charge in [0.05, 0.1) is 5.39 Å². The lowest BCUT2D eigenvalue weighted by Gasteiger charge is -2.26. The van der Waals surface area contributed by atoms with Gasteiger partial charge in [-0.2, -0.15) is 16.7 Å². The van der Waals surface area contributed by atoms with E-state index in [1.807, 2.05) is 23.2 Å². The quantitative estimate of drug-likeness (QED) is 0.569. The number of hydrogen-bond donors (Lipinski definition) is 3. The van der Waals surface area contributed by atoms with E-state index in [1.54, 1.807) is 11.3 Å². The summed E-state index contributed by atoms with van der Waals surface area (Å²) in [5.41, 5.74) is 2.52. The normalized spacial score (nSPS) is 16.4. The van der Waals surface area contributed by atoms with Gasteiger partial charge in [0.2, 0.25) is 5.95 Å². The third-order valence-corrected chi connectivity index (χ3v) is 5.03. The van der Waals surface area contributed by atoms with Gasteiger partial charge in [-0.05, 0) is 11.4 Å². The van der Waals surface area contributed by atoms with Crippen molar-refractivity contribution in [2.45, 2.75) is 0 Å². The standard InChI is InChI=1S/C12H18N6S2/c13-17-12-15-10(9-1-6-20-11(9)16-12)14-2-3-18-4-7-19-8-5-18/h1,6H,2-5,7-8,13H2,(H2,14,15,16,17). The Morgan fingerprint density at radius 2 is 2.15 bits per heavy atom. The van der Waals surface area contributed by atoms with Crippen molar-refractivity contribution >= 4 is 45.1 Å². The van der Waals surface area contributed by atoms with E-state index in [-0.39, 0.29) is 0 Å². The van der Waals surface area contributed by atoms with E-state index in [4.69, 9.17) is 5.84 Å². The molecule has 0 atom stereocenters. The third kappa shape index (κ3) is 3.14. The van der Waals surface area contributed by atoms with Crippen molar-refractivity contribution in [3.8, 4) is 0 Å². The molecule has 0 amide bonds. The first-order chi connectivity index (χ1) is 9.86. The van der Waals surface area contributed by atoms with E-state index >= 15 is 0 Å². The molecule has 8 heteroatoms. The van der Waals surface area contributed by atoms with Crippen LogP contribution in [0.15, 0.2) is 11.4 Å². The lowest BCUT2D eigenvalue weighted by molar-refractivity contribution is 0.314. The van der Waals surface area contributed by atoms with E-state index in [1.165, 1.54) is 24.6 Å². The number of nitrogen functional groups attached to an aromatic ring is 1. The molecule has 20 heavy (non-hydrogen) atoms. The number of thiophene rings is 1. The molecule has 2 aromatic rings. The Morgan fingerprint density at radius 1 is 1.30 bits per heavy atom. The van der Waals surface area contributed by atoms with E-state index < -0.39 is 0 Å². The predicted molar refractivity (Wildman–Crippen MR) is 87.5 cm³/mol. The molecule has 3 rings (SSSR count). The number of nitrogens with two attached hydrogens (primary N) is 1.